The Kier molecular flexibility index (Phi) is 2.67. The van der Waals surface area contributed by atoms with Crippen LogP contribution in [0.25, 0.3) is 5.69 Å². The molecule has 1 aromatic heterocycles. The third-order valence-corrected chi connectivity index (χ3v) is 4.48. The van der Waals surface area contributed by atoms with E-state index < -0.39 is 0 Å². The van der Waals surface area contributed by atoms with Gasteiger partial charge in [0.2, 0.25) is 0 Å². The van der Waals surface area contributed by atoms with Crippen LogP contribution in [0, 0.1) is 0 Å². The normalized spacial score (nSPS) is 18.9. The molecule has 0 amide bonds. The van der Waals surface area contributed by atoms with Crippen molar-refractivity contribution in [3.8, 4) is 11.4 Å². The predicted molar refractivity (Wildman–Crippen MR) is 75.1 cm³/mol. The van der Waals surface area contributed by atoms with E-state index in [1.54, 1.807) is 7.11 Å². The fraction of sp³-hybridized carbons (Fsp3) is 0.357. The second-order valence-corrected chi connectivity index (χ2v) is 5.75. The number of halogens is 1. The molecule has 1 aromatic carbocycles. The average molecular weight is 337 g/mol. The van der Waals surface area contributed by atoms with Crippen molar-refractivity contribution in [3.63, 3.8) is 0 Å². The summed E-state index contributed by atoms with van der Waals surface area (Å²) in [7, 11) is 1.66. The quantitative estimate of drug-likeness (QED) is 0.844. The number of hydrogen-bond acceptors (Lipinski definition) is 4. The van der Waals surface area contributed by atoms with Crippen molar-refractivity contribution in [3.05, 3.63) is 40.1 Å². The smallest absolute Gasteiger partial charge is 0.157 e. The van der Waals surface area contributed by atoms with Gasteiger partial charge in [0.15, 0.2) is 5.60 Å². The lowest BCUT2D eigenvalue weighted by atomic mass is 9.97. The first-order valence-electron chi connectivity index (χ1n) is 6.37. The molecule has 2 aliphatic rings. The topological polar surface area (TPSA) is 45.5 Å². The Morgan fingerprint density at radius 1 is 1.30 bits per heavy atom. The second-order valence-electron chi connectivity index (χ2n) is 5.00. The zero-order chi connectivity index (χ0) is 13.7. The Morgan fingerprint density at radius 3 is 2.65 bits per heavy atom. The van der Waals surface area contributed by atoms with Crippen LogP contribution >= 0.6 is 15.9 Å². The third-order valence-electron chi connectivity index (χ3n) is 3.85. The Bertz CT molecular complexity index is 662. The van der Waals surface area contributed by atoms with Crippen molar-refractivity contribution < 1.29 is 14.2 Å². The molecule has 3 heterocycles. The third kappa shape index (κ3) is 1.58. The SMILES string of the molecule is COc1ccc(-n2nc(Br)c3c2C2(COC2)OC3)cc1. The van der Waals surface area contributed by atoms with Gasteiger partial charge >= 0.3 is 0 Å². The van der Waals surface area contributed by atoms with Gasteiger partial charge in [-0.2, -0.15) is 5.10 Å². The van der Waals surface area contributed by atoms with Gasteiger partial charge in [0, 0.05) is 5.56 Å². The monoisotopic (exact) mass is 336 g/mol. The van der Waals surface area contributed by atoms with E-state index in [1.807, 2.05) is 28.9 Å². The highest BCUT2D eigenvalue weighted by molar-refractivity contribution is 9.10. The molecule has 0 aliphatic carbocycles. The van der Waals surface area contributed by atoms with Crippen molar-refractivity contribution in [1.82, 2.24) is 9.78 Å². The maximum absolute atomic E-state index is 5.93. The lowest BCUT2D eigenvalue weighted by Crippen LogP contribution is -2.47. The van der Waals surface area contributed by atoms with Gasteiger partial charge < -0.3 is 14.2 Å². The predicted octanol–water partition coefficient (Wildman–Crippen LogP) is 2.40. The molecule has 1 saturated heterocycles. The number of ether oxygens (including phenoxy) is 3. The average Bonchev–Trinajstić information content (AvgIpc) is 2.98. The zero-order valence-electron chi connectivity index (χ0n) is 10.9. The molecular formula is C14H13BrN2O3. The summed E-state index contributed by atoms with van der Waals surface area (Å²) in [5, 5.41) is 4.59. The van der Waals surface area contributed by atoms with Gasteiger partial charge in [0.05, 0.1) is 38.3 Å². The molecule has 5 nitrogen and oxygen atoms in total. The number of rotatable bonds is 2. The Hall–Kier alpha value is -1.37. The standard InChI is InChI=1S/C14H13BrN2O3/c1-18-10-4-2-9(3-5-10)17-12-11(13(15)16-17)6-20-14(12)7-19-8-14/h2-5H,6-8H2,1H3. The molecule has 1 fully saturated rings. The maximum atomic E-state index is 5.93. The van der Waals surface area contributed by atoms with E-state index >= 15 is 0 Å². The number of fused-ring (bicyclic) bond motifs is 2. The van der Waals surface area contributed by atoms with Crippen LogP contribution in [0.3, 0.4) is 0 Å². The number of benzene rings is 1. The van der Waals surface area contributed by atoms with Crippen LogP contribution in [-0.4, -0.2) is 30.1 Å². The van der Waals surface area contributed by atoms with E-state index in [0.717, 1.165) is 27.3 Å². The van der Waals surface area contributed by atoms with E-state index in [2.05, 4.69) is 21.0 Å². The summed E-state index contributed by atoms with van der Waals surface area (Å²) in [6.45, 7) is 1.76. The van der Waals surface area contributed by atoms with Crippen LogP contribution in [0.5, 0.6) is 5.75 Å². The minimum Gasteiger partial charge on any atom is -0.497 e. The van der Waals surface area contributed by atoms with Gasteiger partial charge in [0.1, 0.15) is 10.4 Å². The van der Waals surface area contributed by atoms with Crippen LogP contribution in [0.15, 0.2) is 28.9 Å². The van der Waals surface area contributed by atoms with E-state index in [1.165, 1.54) is 0 Å². The Labute approximate surface area is 124 Å². The van der Waals surface area contributed by atoms with E-state index in [0.29, 0.717) is 19.8 Å². The van der Waals surface area contributed by atoms with Crippen LogP contribution in [-0.2, 0) is 21.7 Å². The summed E-state index contributed by atoms with van der Waals surface area (Å²) in [6, 6.07) is 7.84. The first-order chi connectivity index (χ1) is 9.73. The number of methoxy groups -OCH3 is 1. The van der Waals surface area contributed by atoms with Crippen LogP contribution < -0.4 is 4.74 Å². The molecule has 0 atom stereocenters. The molecule has 6 heteroatoms. The highest BCUT2D eigenvalue weighted by atomic mass is 79.9. The maximum Gasteiger partial charge on any atom is 0.157 e. The second kappa shape index (κ2) is 4.31. The van der Waals surface area contributed by atoms with Crippen LogP contribution in [0.2, 0.25) is 0 Å². The first kappa shape index (κ1) is 12.4. The Balaban J connectivity index is 1.84. The first-order valence-corrected chi connectivity index (χ1v) is 7.17. The lowest BCUT2D eigenvalue weighted by Gasteiger charge is -2.37. The molecule has 104 valence electrons. The van der Waals surface area contributed by atoms with Crippen LogP contribution in [0.4, 0.5) is 0 Å². The molecular weight excluding hydrogens is 324 g/mol. The van der Waals surface area contributed by atoms with Gasteiger partial charge in [-0.15, -0.1) is 0 Å². The van der Waals surface area contributed by atoms with E-state index in [9.17, 15) is 0 Å². The largest absolute Gasteiger partial charge is 0.497 e. The van der Waals surface area contributed by atoms with Gasteiger partial charge in [0.25, 0.3) is 0 Å². The molecule has 20 heavy (non-hydrogen) atoms. The van der Waals surface area contributed by atoms with Gasteiger partial charge in [-0.05, 0) is 40.2 Å². The number of aromatic nitrogens is 2. The minimum atomic E-state index is -0.325. The fourth-order valence-electron chi connectivity index (χ4n) is 2.72. The molecule has 1 spiro atoms. The Morgan fingerprint density at radius 2 is 2.05 bits per heavy atom. The minimum absolute atomic E-state index is 0.325. The molecule has 0 N–H and O–H groups in total. The number of hydrogen-bond donors (Lipinski definition) is 0. The highest BCUT2D eigenvalue weighted by Gasteiger charge is 2.51. The molecule has 0 saturated carbocycles. The highest BCUT2D eigenvalue weighted by Crippen LogP contribution is 2.45. The van der Waals surface area contributed by atoms with Gasteiger partial charge in [-0.1, -0.05) is 0 Å². The van der Waals surface area contributed by atoms with Crippen molar-refractivity contribution in [2.75, 3.05) is 20.3 Å². The molecule has 2 aliphatic heterocycles. The van der Waals surface area contributed by atoms with Crippen molar-refractivity contribution in [2.45, 2.75) is 12.2 Å². The van der Waals surface area contributed by atoms with Crippen molar-refractivity contribution in [2.24, 2.45) is 0 Å². The molecule has 0 radical (unpaired) electrons. The lowest BCUT2D eigenvalue weighted by molar-refractivity contribution is -0.212. The van der Waals surface area contributed by atoms with E-state index in [4.69, 9.17) is 14.2 Å². The molecule has 4 rings (SSSR count). The summed E-state index contributed by atoms with van der Waals surface area (Å²) in [4.78, 5) is 0. The molecule has 0 bridgehead atoms. The summed E-state index contributed by atoms with van der Waals surface area (Å²) in [5.74, 6) is 0.828. The van der Waals surface area contributed by atoms with Gasteiger partial charge in [-0.3, -0.25) is 0 Å². The summed E-state index contributed by atoms with van der Waals surface area (Å²) in [5.41, 5.74) is 2.88. The fourth-order valence-corrected chi connectivity index (χ4v) is 3.18. The van der Waals surface area contributed by atoms with Crippen LogP contribution in [0.1, 0.15) is 11.3 Å². The molecule has 2 aromatic rings. The summed E-state index contributed by atoms with van der Waals surface area (Å²) < 4.78 is 19.3. The zero-order valence-corrected chi connectivity index (χ0v) is 12.5. The van der Waals surface area contributed by atoms with Crippen molar-refractivity contribution >= 4 is 15.9 Å². The summed E-state index contributed by atoms with van der Waals surface area (Å²) >= 11 is 3.52. The summed E-state index contributed by atoms with van der Waals surface area (Å²) in [6.07, 6.45) is 0. The van der Waals surface area contributed by atoms with Gasteiger partial charge in [-0.25, -0.2) is 4.68 Å². The van der Waals surface area contributed by atoms with E-state index in [-0.39, 0.29) is 5.60 Å². The molecule has 0 unspecified atom stereocenters. The number of nitrogens with zero attached hydrogens (tertiary/aromatic N) is 2. The van der Waals surface area contributed by atoms with Crippen molar-refractivity contribution in [1.29, 1.82) is 0 Å².